The number of nitrogens with zero attached hydrogens (tertiary/aromatic N) is 2. The van der Waals surface area contributed by atoms with Gasteiger partial charge in [0.25, 0.3) is 11.6 Å². The van der Waals surface area contributed by atoms with Crippen molar-refractivity contribution < 1.29 is 9.72 Å². The number of hydrogen-bond donors (Lipinski definition) is 2. The number of rotatable bonds is 6. The normalized spacial score (nSPS) is 11.2. The summed E-state index contributed by atoms with van der Waals surface area (Å²) in [4.78, 5) is 25.8. The Kier molecular flexibility index (Phi) is 5.41. The van der Waals surface area contributed by atoms with Gasteiger partial charge in [-0.3, -0.25) is 14.9 Å². The molecule has 0 aliphatic carbocycles. The van der Waals surface area contributed by atoms with Gasteiger partial charge in [-0.15, -0.1) is 0 Å². The zero-order valence-electron chi connectivity index (χ0n) is 11.4. The van der Waals surface area contributed by atoms with Crippen LogP contribution in [0, 0.1) is 10.1 Å². The summed E-state index contributed by atoms with van der Waals surface area (Å²) in [7, 11) is 0. The maximum atomic E-state index is 12.0. The minimum atomic E-state index is -0.673. The van der Waals surface area contributed by atoms with Gasteiger partial charge in [0, 0.05) is 12.1 Å². The van der Waals surface area contributed by atoms with Crippen LogP contribution < -0.4 is 11.1 Å². The lowest BCUT2D eigenvalue weighted by Crippen LogP contribution is -2.49. The second-order valence-electron chi connectivity index (χ2n) is 4.53. The van der Waals surface area contributed by atoms with E-state index in [1.807, 2.05) is 13.8 Å². The first-order chi connectivity index (χ1) is 9.33. The monoisotopic (exact) mass is 300 g/mol. The second-order valence-corrected chi connectivity index (χ2v) is 4.92. The van der Waals surface area contributed by atoms with Crippen molar-refractivity contribution >= 4 is 23.2 Å². The van der Waals surface area contributed by atoms with Crippen molar-refractivity contribution in [3.63, 3.8) is 0 Å². The average molecular weight is 301 g/mol. The molecule has 1 aromatic heterocycles. The summed E-state index contributed by atoms with van der Waals surface area (Å²) in [5.74, 6) is -0.585. The molecule has 0 radical (unpaired) electrons. The first-order valence-electron chi connectivity index (χ1n) is 6.20. The van der Waals surface area contributed by atoms with Crippen molar-refractivity contribution in [1.82, 2.24) is 10.3 Å². The average Bonchev–Trinajstić information content (AvgIpc) is 2.43. The molecular weight excluding hydrogens is 284 g/mol. The fourth-order valence-electron chi connectivity index (χ4n) is 1.60. The first kappa shape index (κ1) is 16.3. The molecule has 20 heavy (non-hydrogen) atoms. The van der Waals surface area contributed by atoms with Gasteiger partial charge in [0.2, 0.25) is 0 Å². The third-order valence-corrected chi connectivity index (χ3v) is 3.51. The molecule has 1 heterocycles. The molecule has 0 fully saturated rings. The van der Waals surface area contributed by atoms with Gasteiger partial charge in [-0.2, -0.15) is 0 Å². The summed E-state index contributed by atoms with van der Waals surface area (Å²) < 4.78 is 0. The molecule has 110 valence electrons. The molecule has 1 amide bonds. The Labute approximate surface area is 121 Å². The Balaban J connectivity index is 2.93. The van der Waals surface area contributed by atoms with Gasteiger partial charge in [0.1, 0.15) is 16.9 Å². The van der Waals surface area contributed by atoms with E-state index in [-0.39, 0.29) is 22.9 Å². The maximum Gasteiger partial charge on any atom is 0.300 e. The molecule has 0 aliphatic rings. The van der Waals surface area contributed by atoms with Gasteiger partial charge >= 0.3 is 0 Å². The molecule has 1 rings (SSSR count). The van der Waals surface area contributed by atoms with Gasteiger partial charge in [0.15, 0.2) is 0 Å². The summed E-state index contributed by atoms with van der Waals surface area (Å²) in [6.45, 7) is 4.07. The number of carbonyl (C=O) groups is 1. The number of pyridine rings is 1. The molecule has 0 spiro atoms. The highest BCUT2D eigenvalue weighted by Gasteiger charge is 2.25. The van der Waals surface area contributed by atoms with Crippen molar-refractivity contribution in [1.29, 1.82) is 0 Å². The topological polar surface area (TPSA) is 111 Å². The summed E-state index contributed by atoms with van der Waals surface area (Å²) >= 11 is 5.67. The van der Waals surface area contributed by atoms with E-state index in [4.69, 9.17) is 17.3 Å². The van der Waals surface area contributed by atoms with E-state index < -0.39 is 16.4 Å². The Morgan fingerprint density at radius 3 is 2.65 bits per heavy atom. The molecule has 8 heteroatoms. The van der Waals surface area contributed by atoms with Gasteiger partial charge in [-0.1, -0.05) is 25.4 Å². The van der Waals surface area contributed by atoms with Crippen LogP contribution in [-0.4, -0.2) is 27.9 Å². The van der Waals surface area contributed by atoms with Gasteiger partial charge < -0.3 is 11.1 Å². The Morgan fingerprint density at radius 2 is 2.15 bits per heavy atom. The SMILES string of the molecule is CCC(N)(CC)CNC(=O)c1cc(Cl)ncc1[N+](=O)[O-]. The highest BCUT2D eigenvalue weighted by Crippen LogP contribution is 2.20. The lowest BCUT2D eigenvalue weighted by molar-refractivity contribution is -0.385. The Morgan fingerprint density at radius 1 is 1.55 bits per heavy atom. The third kappa shape index (κ3) is 3.88. The smallest absolute Gasteiger partial charge is 0.300 e. The van der Waals surface area contributed by atoms with Crippen LogP contribution in [0.1, 0.15) is 37.0 Å². The molecule has 7 nitrogen and oxygen atoms in total. The maximum absolute atomic E-state index is 12.0. The van der Waals surface area contributed by atoms with E-state index in [0.717, 1.165) is 6.20 Å². The van der Waals surface area contributed by atoms with E-state index in [9.17, 15) is 14.9 Å². The number of amides is 1. The zero-order chi connectivity index (χ0) is 15.3. The van der Waals surface area contributed by atoms with Crippen molar-refractivity contribution in [3.8, 4) is 0 Å². The molecule has 0 saturated carbocycles. The molecule has 0 unspecified atom stereocenters. The molecule has 1 aromatic rings. The molecule has 3 N–H and O–H groups in total. The fourth-order valence-corrected chi connectivity index (χ4v) is 1.76. The number of halogens is 1. The molecule has 0 aliphatic heterocycles. The second kappa shape index (κ2) is 6.62. The van der Waals surface area contributed by atoms with Crippen LogP contribution in [0.15, 0.2) is 12.3 Å². The van der Waals surface area contributed by atoms with Crippen LogP contribution in [0.5, 0.6) is 0 Å². The Hall–Kier alpha value is -1.73. The van der Waals surface area contributed by atoms with Crippen molar-refractivity contribution in [2.45, 2.75) is 32.2 Å². The van der Waals surface area contributed by atoms with E-state index in [0.29, 0.717) is 12.8 Å². The van der Waals surface area contributed by atoms with Gasteiger partial charge in [-0.05, 0) is 18.9 Å². The zero-order valence-corrected chi connectivity index (χ0v) is 12.1. The number of nitrogens with two attached hydrogens (primary N) is 1. The highest BCUT2D eigenvalue weighted by molar-refractivity contribution is 6.29. The van der Waals surface area contributed by atoms with Crippen molar-refractivity contribution in [2.24, 2.45) is 5.73 Å². The summed E-state index contributed by atoms with van der Waals surface area (Å²) in [6.07, 6.45) is 2.33. The lowest BCUT2D eigenvalue weighted by Gasteiger charge is -2.26. The Bertz CT molecular complexity index is 517. The predicted octanol–water partition coefficient (Wildman–Crippen LogP) is 1.89. The predicted molar refractivity (Wildman–Crippen MR) is 75.7 cm³/mol. The first-order valence-corrected chi connectivity index (χ1v) is 6.57. The van der Waals surface area contributed by atoms with Crippen LogP contribution in [0.4, 0.5) is 5.69 Å². The number of carbonyl (C=O) groups excluding carboxylic acids is 1. The van der Waals surface area contributed by atoms with E-state index in [1.165, 1.54) is 6.07 Å². The van der Waals surface area contributed by atoms with Crippen LogP contribution in [0.3, 0.4) is 0 Å². The van der Waals surface area contributed by atoms with E-state index in [2.05, 4.69) is 10.3 Å². The molecule has 0 aromatic carbocycles. The van der Waals surface area contributed by atoms with E-state index in [1.54, 1.807) is 0 Å². The van der Waals surface area contributed by atoms with Gasteiger partial charge in [-0.25, -0.2) is 4.98 Å². The van der Waals surface area contributed by atoms with Crippen LogP contribution in [0.2, 0.25) is 5.15 Å². The van der Waals surface area contributed by atoms with Gasteiger partial charge in [0.05, 0.1) is 4.92 Å². The number of aromatic nitrogens is 1. The largest absolute Gasteiger partial charge is 0.350 e. The fraction of sp³-hybridized carbons (Fsp3) is 0.500. The number of hydrogen-bond acceptors (Lipinski definition) is 5. The van der Waals surface area contributed by atoms with E-state index >= 15 is 0 Å². The quantitative estimate of drug-likeness (QED) is 0.473. The molecule has 0 saturated heterocycles. The molecule has 0 atom stereocenters. The van der Waals surface area contributed by atoms with Crippen LogP contribution in [-0.2, 0) is 0 Å². The lowest BCUT2D eigenvalue weighted by atomic mass is 9.94. The number of nitrogens with one attached hydrogen (secondary N) is 1. The van der Waals surface area contributed by atoms with Crippen molar-refractivity contribution in [2.75, 3.05) is 6.54 Å². The summed E-state index contributed by atoms with van der Waals surface area (Å²) in [5.41, 5.74) is 5.03. The molecular formula is C12H17ClN4O3. The van der Waals surface area contributed by atoms with Crippen molar-refractivity contribution in [3.05, 3.63) is 33.1 Å². The summed E-state index contributed by atoms with van der Waals surface area (Å²) in [6, 6.07) is 1.17. The number of nitro groups is 1. The van der Waals surface area contributed by atoms with Crippen LogP contribution in [0.25, 0.3) is 0 Å². The standard InChI is InChI=1S/C12H17ClN4O3/c1-3-12(14,4-2)7-16-11(18)8-5-10(13)15-6-9(8)17(19)20/h5-6H,3-4,7,14H2,1-2H3,(H,16,18). The van der Waals surface area contributed by atoms with Crippen LogP contribution >= 0.6 is 11.6 Å². The minimum absolute atomic E-state index is 0.0192. The third-order valence-electron chi connectivity index (χ3n) is 3.30. The summed E-state index contributed by atoms with van der Waals surface area (Å²) in [5, 5.41) is 13.5. The minimum Gasteiger partial charge on any atom is -0.350 e. The molecule has 0 bridgehead atoms. The highest BCUT2D eigenvalue weighted by atomic mass is 35.5.